The average molecular weight is 400 g/mol. The molecule has 0 spiro atoms. The largest absolute Gasteiger partial charge is 0.494 e. The van der Waals surface area contributed by atoms with Crippen LogP contribution in [-0.4, -0.2) is 50.1 Å². The van der Waals surface area contributed by atoms with E-state index in [1.54, 1.807) is 23.1 Å². The number of benzene rings is 2. The number of non-ortho nitro benzene ring substituents is 1. The van der Waals surface area contributed by atoms with Crippen molar-refractivity contribution >= 4 is 28.9 Å². The summed E-state index contributed by atoms with van der Waals surface area (Å²) in [5, 5.41) is 16.1. The van der Waals surface area contributed by atoms with Gasteiger partial charge in [0.05, 0.1) is 42.6 Å². The predicted octanol–water partition coefficient (Wildman–Crippen LogP) is 1.56. The lowest BCUT2D eigenvalue weighted by molar-refractivity contribution is -0.384. The Kier molecular flexibility index (Phi) is 5.82. The fourth-order valence-electron chi connectivity index (χ4n) is 3.01. The van der Waals surface area contributed by atoms with Crippen molar-refractivity contribution in [3.63, 3.8) is 0 Å². The van der Waals surface area contributed by atoms with Gasteiger partial charge in [0.15, 0.2) is 6.10 Å². The van der Waals surface area contributed by atoms with Crippen LogP contribution in [-0.2, 0) is 9.59 Å². The molecule has 1 heterocycles. The Hall–Kier alpha value is -3.82. The Morgan fingerprint density at radius 3 is 2.76 bits per heavy atom. The summed E-state index contributed by atoms with van der Waals surface area (Å²) < 4.78 is 10.9. The molecule has 152 valence electrons. The second-order valence-corrected chi connectivity index (χ2v) is 6.26. The molecular weight excluding hydrogens is 380 g/mol. The smallest absolute Gasteiger partial charge is 0.273 e. The third-order valence-electron chi connectivity index (χ3n) is 4.40. The number of likely N-dealkylation sites (N-methyl/N-ethyl adjacent to an activating group) is 1. The number of anilines is 2. The molecule has 0 unspecified atom stereocenters. The highest BCUT2D eigenvalue weighted by molar-refractivity contribution is 5.96. The summed E-state index contributed by atoms with van der Waals surface area (Å²) in [6.07, 6.45) is -0.753. The van der Waals surface area contributed by atoms with Crippen molar-refractivity contribution in [1.82, 2.24) is 5.32 Å². The molecule has 2 amide bonds. The van der Waals surface area contributed by atoms with Gasteiger partial charge in [-0.15, -0.1) is 0 Å². The maximum absolute atomic E-state index is 12.6. The number of amides is 2. The second kappa shape index (κ2) is 8.46. The van der Waals surface area contributed by atoms with E-state index in [1.165, 1.54) is 32.4 Å². The third kappa shape index (κ3) is 4.37. The summed E-state index contributed by atoms with van der Waals surface area (Å²) in [6.45, 7) is 0.148. The van der Waals surface area contributed by atoms with E-state index in [0.717, 1.165) is 0 Å². The Morgan fingerprint density at radius 1 is 1.31 bits per heavy atom. The van der Waals surface area contributed by atoms with E-state index in [0.29, 0.717) is 17.1 Å². The number of nitrogens with one attached hydrogen (secondary N) is 2. The van der Waals surface area contributed by atoms with Crippen LogP contribution in [0.1, 0.15) is 0 Å². The lowest BCUT2D eigenvalue weighted by atomic mass is 10.1. The Bertz CT molecular complexity index is 948. The molecule has 1 atom stereocenters. The number of nitrogens with zero attached hydrogens (tertiary/aromatic N) is 2. The SMILES string of the molecule is CNC(=O)[C@@H]1CN(CC(=O)Nc2ccc([N+](=O)[O-])cc2OC)c2ccccc2O1. The fourth-order valence-corrected chi connectivity index (χ4v) is 3.01. The molecule has 0 saturated heterocycles. The van der Waals surface area contributed by atoms with Crippen molar-refractivity contribution in [3.8, 4) is 11.5 Å². The van der Waals surface area contributed by atoms with Crippen LogP contribution in [0.3, 0.4) is 0 Å². The normalized spacial score (nSPS) is 15.0. The highest BCUT2D eigenvalue weighted by Gasteiger charge is 2.31. The molecule has 0 fully saturated rings. The number of hydrogen-bond acceptors (Lipinski definition) is 7. The van der Waals surface area contributed by atoms with Gasteiger partial charge in [-0.1, -0.05) is 12.1 Å². The molecule has 0 aromatic heterocycles. The zero-order valence-electron chi connectivity index (χ0n) is 15.9. The Morgan fingerprint density at radius 2 is 2.07 bits per heavy atom. The summed E-state index contributed by atoms with van der Waals surface area (Å²) in [6, 6.07) is 11.1. The van der Waals surface area contributed by atoms with Crippen LogP contribution in [0.4, 0.5) is 17.1 Å². The topological polar surface area (TPSA) is 123 Å². The molecule has 29 heavy (non-hydrogen) atoms. The highest BCUT2D eigenvalue weighted by Crippen LogP contribution is 2.33. The van der Waals surface area contributed by atoms with Crippen LogP contribution in [0.15, 0.2) is 42.5 Å². The molecule has 2 aromatic rings. The number of hydrogen-bond donors (Lipinski definition) is 2. The van der Waals surface area contributed by atoms with E-state index in [9.17, 15) is 19.7 Å². The first-order chi connectivity index (χ1) is 13.9. The van der Waals surface area contributed by atoms with Crippen molar-refractivity contribution in [1.29, 1.82) is 0 Å². The van der Waals surface area contributed by atoms with Crippen LogP contribution >= 0.6 is 0 Å². The maximum atomic E-state index is 12.6. The van der Waals surface area contributed by atoms with E-state index >= 15 is 0 Å². The summed E-state index contributed by atoms with van der Waals surface area (Å²) in [5.74, 6) is 0.0256. The van der Waals surface area contributed by atoms with Crippen molar-refractivity contribution in [3.05, 3.63) is 52.6 Å². The fraction of sp³-hybridized carbons (Fsp3) is 0.263. The first-order valence-corrected chi connectivity index (χ1v) is 8.77. The van der Waals surface area contributed by atoms with Gasteiger partial charge < -0.3 is 25.0 Å². The van der Waals surface area contributed by atoms with E-state index in [2.05, 4.69) is 10.6 Å². The lowest BCUT2D eigenvalue weighted by Gasteiger charge is -2.35. The molecule has 0 radical (unpaired) electrons. The van der Waals surface area contributed by atoms with Gasteiger partial charge in [0.25, 0.3) is 11.6 Å². The molecule has 10 heteroatoms. The minimum atomic E-state index is -0.753. The van der Waals surface area contributed by atoms with Crippen LogP contribution in [0.2, 0.25) is 0 Å². The van der Waals surface area contributed by atoms with Gasteiger partial charge in [-0.25, -0.2) is 0 Å². The summed E-state index contributed by atoms with van der Waals surface area (Å²) in [7, 11) is 2.88. The number of fused-ring (bicyclic) bond motifs is 1. The maximum Gasteiger partial charge on any atom is 0.273 e. The van der Waals surface area contributed by atoms with Gasteiger partial charge in [0.2, 0.25) is 5.91 Å². The van der Waals surface area contributed by atoms with Gasteiger partial charge >= 0.3 is 0 Å². The van der Waals surface area contributed by atoms with E-state index < -0.39 is 11.0 Å². The van der Waals surface area contributed by atoms with Gasteiger partial charge in [0.1, 0.15) is 11.5 Å². The van der Waals surface area contributed by atoms with Crippen LogP contribution in [0.25, 0.3) is 0 Å². The predicted molar refractivity (Wildman–Crippen MR) is 105 cm³/mol. The zero-order chi connectivity index (χ0) is 21.0. The van der Waals surface area contributed by atoms with E-state index in [4.69, 9.17) is 9.47 Å². The average Bonchev–Trinajstić information content (AvgIpc) is 2.73. The number of ether oxygens (including phenoxy) is 2. The summed E-state index contributed by atoms with van der Waals surface area (Å²) in [5.41, 5.74) is 0.862. The number of rotatable bonds is 6. The Balaban J connectivity index is 1.78. The minimum absolute atomic E-state index is 0.0476. The van der Waals surface area contributed by atoms with Crippen molar-refractivity contribution in [2.75, 3.05) is 37.5 Å². The standard InChI is InChI=1S/C19H20N4O6/c1-20-19(25)17-10-22(14-5-3-4-6-15(14)29-17)11-18(24)21-13-8-7-12(23(26)27)9-16(13)28-2/h3-9,17H,10-11H2,1-2H3,(H,20,25)(H,21,24)/t17-/m0/s1. The summed E-state index contributed by atoms with van der Waals surface area (Å²) >= 11 is 0. The van der Waals surface area contributed by atoms with Gasteiger partial charge in [-0.05, 0) is 18.2 Å². The molecule has 10 nitrogen and oxygen atoms in total. The number of para-hydroxylation sites is 2. The Labute approximate surface area is 166 Å². The number of methoxy groups -OCH3 is 1. The van der Waals surface area contributed by atoms with Crippen LogP contribution < -0.4 is 25.0 Å². The van der Waals surface area contributed by atoms with Crippen LogP contribution in [0, 0.1) is 10.1 Å². The van der Waals surface area contributed by atoms with Gasteiger partial charge in [-0.2, -0.15) is 0 Å². The lowest BCUT2D eigenvalue weighted by Crippen LogP contribution is -2.50. The molecular formula is C19H20N4O6. The number of carbonyl (C=O) groups is 2. The zero-order valence-corrected chi connectivity index (χ0v) is 15.9. The molecule has 2 aromatic carbocycles. The third-order valence-corrected chi connectivity index (χ3v) is 4.40. The first-order valence-electron chi connectivity index (χ1n) is 8.77. The van der Waals surface area contributed by atoms with E-state index in [-0.39, 0.29) is 36.3 Å². The molecule has 0 saturated carbocycles. The van der Waals surface area contributed by atoms with Crippen molar-refractivity contribution < 1.29 is 24.0 Å². The molecule has 0 aliphatic carbocycles. The molecule has 3 rings (SSSR count). The first kappa shape index (κ1) is 19.9. The molecule has 2 N–H and O–H groups in total. The highest BCUT2D eigenvalue weighted by atomic mass is 16.6. The quantitative estimate of drug-likeness (QED) is 0.557. The van der Waals surface area contributed by atoms with Crippen molar-refractivity contribution in [2.45, 2.75) is 6.10 Å². The van der Waals surface area contributed by atoms with Gasteiger partial charge in [-0.3, -0.25) is 19.7 Å². The van der Waals surface area contributed by atoms with Crippen LogP contribution in [0.5, 0.6) is 11.5 Å². The van der Waals surface area contributed by atoms with Crippen molar-refractivity contribution in [2.24, 2.45) is 0 Å². The summed E-state index contributed by atoms with van der Waals surface area (Å²) in [4.78, 5) is 36.8. The molecule has 0 bridgehead atoms. The second-order valence-electron chi connectivity index (χ2n) is 6.26. The molecule has 1 aliphatic rings. The number of nitro groups is 1. The number of nitro benzene ring substituents is 1. The van der Waals surface area contributed by atoms with Gasteiger partial charge in [0, 0.05) is 13.1 Å². The molecule has 1 aliphatic heterocycles. The monoisotopic (exact) mass is 400 g/mol. The number of carbonyl (C=O) groups excluding carboxylic acids is 2. The minimum Gasteiger partial charge on any atom is -0.494 e. The van der Waals surface area contributed by atoms with E-state index in [1.807, 2.05) is 6.07 Å².